The molecule has 1 fully saturated rings. The summed E-state index contributed by atoms with van der Waals surface area (Å²) in [5.74, 6) is 1.43. The maximum atomic E-state index is 13.4. The third-order valence-corrected chi connectivity index (χ3v) is 7.20. The van der Waals surface area contributed by atoms with Crippen molar-refractivity contribution in [2.24, 2.45) is 11.7 Å². The van der Waals surface area contributed by atoms with Gasteiger partial charge in [0.15, 0.2) is 0 Å². The molecule has 0 aromatic heterocycles. The molecule has 1 amide bonds. The van der Waals surface area contributed by atoms with Gasteiger partial charge >= 0.3 is 0 Å². The van der Waals surface area contributed by atoms with Gasteiger partial charge in [-0.25, -0.2) is 0 Å². The largest absolute Gasteiger partial charge is 0.497 e. The molecule has 2 N–H and O–H groups in total. The number of likely N-dealkylation sites (tertiary alicyclic amines) is 1. The van der Waals surface area contributed by atoms with Crippen LogP contribution in [0, 0.1) is 5.92 Å². The Morgan fingerprint density at radius 1 is 0.941 bits per heavy atom. The summed E-state index contributed by atoms with van der Waals surface area (Å²) in [4.78, 5) is 15.8. The second-order valence-corrected chi connectivity index (χ2v) is 9.01. The minimum absolute atomic E-state index is 0.0702. The van der Waals surface area contributed by atoms with Gasteiger partial charge in [0.25, 0.3) is 0 Å². The third kappa shape index (κ3) is 4.66. The summed E-state index contributed by atoms with van der Waals surface area (Å²) >= 11 is 0. The predicted molar refractivity (Wildman–Crippen MR) is 135 cm³/mol. The van der Waals surface area contributed by atoms with Crippen molar-refractivity contribution in [3.63, 3.8) is 0 Å². The van der Waals surface area contributed by atoms with Gasteiger partial charge in [0.05, 0.1) is 13.7 Å². The van der Waals surface area contributed by atoms with Gasteiger partial charge in [-0.15, -0.1) is 0 Å². The van der Waals surface area contributed by atoms with E-state index in [-0.39, 0.29) is 17.9 Å². The van der Waals surface area contributed by atoms with Crippen molar-refractivity contribution in [3.05, 3.63) is 96.1 Å². The number of hydrogen-bond acceptors (Lipinski definition) is 4. The summed E-state index contributed by atoms with van der Waals surface area (Å²) in [6.45, 7) is 1.55. The Morgan fingerprint density at radius 2 is 1.50 bits per heavy atom. The predicted octanol–water partition coefficient (Wildman–Crippen LogP) is 4.65. The van der Waals surface area contributed by atoms with Crippen LogP contribution in [-0.2, 0) is 10.2 Å². The van der Waals surface area contributed by atoms with Crippen molar-refractivity contribution in [2.75, 3.05) is 27.3 Å². The van der Waals surface area contributed by atoms with Crippen LogP contribution >= 0.6 is 0 Å². The van der Waals surface area contributed by atoms with E-state index in [1.807, 2.05) is 84.9 Å². The van der Waals surface area contributed by atoms with Crippen LogP contribution in [0.5, 0.6) is 11.5 Å². The number of nitrogens with two attached hydrogens (primary N) is 1. The van der Waals surface area contributed by atoms with Crippen molar-refractivity contribution >= 4 is 5.91 Å². The molecule has 5 heteroatoms. The van der Waals surface area contributed by atoms with E-state index in [1.165, 1.54) is 0 Å². The van der Waals surface area contributed by atoms with Gasteiger partial charge in [0, 0.05) is 6.04 Å². The van der Waals surface area contributed by atoms with E-state index in [1.54, 1.807) is 7.11 Å². The number of amides is 1. The zero-order valence-electron chi connectivity index (χ0n) is 20.0. The van der Waals surface area contributed by atoms with E-state index >= 15 is 0 Å². The lowest BCUT2D eigenvalue weighted by atomic mass is 9.62. The molecule has 1 aliphatic heterocycles. The highest BCUT2D eigenvalue weighted by molar-refractivity contribution is 5.91. The van der Waals surface area contributed by atoms with Crippen molar-refractivity contribution < 1.29 is 14.3 Å². The fourth-order valence-corrected chi connectivity index (χ4v) is 5.55. The van der Waals surface area contributed by atoms with E-state index in [2.05, 4.69) is 11.9 Å². The molecule has 1 aliphatic rings. The molecule has 3 aromatic carbocycles. The molecule has 5 nitrogen and oxygen atoms in total. The zero-order valence-corrected chi connectivity index (χ0v) is 20.0. The number of rotatable bonds is 10. The van der Waals surface area contributed by atoms with Crippen LogP contribution in [0.15, 0.2) is 84.9 Å². The number of benzene rings is 3. The van der Waals surface area contributed by atoms with Crippen LogP contribution in [0.3, 0.4) is 0 Å². The highest BCUT2D eigenvalue weighted by Crippen LogP contribution is 2.47. The molecule has 34 heavy (non-hydrogen) atoms. The van der Waals surface area contributed by atoms with Crippen LogP contribution in [-0.4, -0.2) is 44.2 Å². The Balaban J connectivity index is 1.57. The summed E-state index contributed by atoms with van der Waals surface area (Å²) in [6.07, 6.45) is 2.72. The minimum atomic E-state index is -0.880. The summed E-state index contributed by atoms with van der Waals surface area (Å²) in [6, 6.07) is 28.0. The summed E-state index contributed by atoms with van der Waals surface area (Å²) in [5, 5.41) is 0. The van der Waals surface area contributed by atoms with E-state index in [0.717, 1.165) is 48.4 Å². The second kappa shape index (κ2) is 10.7. The number of methoxy groups -OCH3 is 1. The average Bonchev–Trinajstić information content (AvgIpc) is 3.24. The summed E-state index contributed by atoms with van der Waals surface area (Å²) in [7, 11) is 3.80. The van der Waals surface area contributed by atoms with E-state index < -0.39 is 5.41 Å². The van der Waals surface area contributed by atoms with Crippen LogP contribution < -0.4 is 15.2 Å². The topological polar surface area (TPSA) is 64.8 Å². The van der Waals surface area contributed by atoms with Gasteiger partial charge < -0.3 is 20.1 Å². The molecular weight excluding hydrogens is 424 g/mol. The first-order chi connectivity index (χ1) is 16.6. The first kappa shape index (κ1) is 23.8. The van der Waals surface area contributed by atoms with Crippen LogP contribution in [0.4, 0.5) is 0 Å². The Labute approximate surface area is 202 Å². The molecule has 1 heterocycles. The first-order valence-corrected chi connectivity index (χ1v) is 12.0. The quantitative estimate of drug-likeness (QED) is 0.449. The monoisotopic (exact) mass is 458 g/mol. The number of nitrogens with zero attached hydrogens (tertiary/aromatic N) is 1. The molecule has 0 radical (unpaired) electrons. The van der Waals surface area contributed by atoms with Crippen LogP contribution in [0.1, 0.15) is 30.4 Å². The van der Waals surface area contributed by atoms with Crippen molar-refractivity contribution in [1.82, 2.24) is 4.90 Å². The molecular formula is C29H34N2O3. The normalized spacial score (nSPS) is 18.5. The number of hydrogen-bond donors (Lipinski definition) is 1. The van der Waals surface area contributed by atoms with Gasteiger partial charge in [0.2, 0.25) is 5.91 Å². The molecule has 0 aliphatic carbocycles. The SMILES string of the molecule is COc1ccc(OCCCC2C(C(C(N)=O)(c3ccccc3)c3ccccc3)CCN2C)cc1. The molecule has 178 valence electrons. The third-order valence-electron chi connectivity index (χ3n) is 7.20. The second-order valence-electron chi connectivity index (χ2n) is 9.01. The highest BCUT2D eigenvalue weighted by atomic mass is 16.5. The van der Waals surface area contributed by atoms with Crippen molar-refractivity contribution in [3.8, 4) is 11.5 Å². The number of carbonyl (C=O) groups is 1. The highest BCUT2D eigenvalue weighted by Gasteiger charge is 2.52. The zero-order chi connectivity index (χ0) is 24.0. The number of carbonyl (C=O) groups excluding carboxylic acids is 1. The molecule has 1 saturated heterocycles. The van der Waals surface area contributed by atoms with Gasteiger partial charge in [-0.05, 0) is 74.2 Å². The maximum absolute atomic E-state index is 13.4. The molecule has 0 spiro atoms. The molecule has 3 aromatic rings. The maximum Gasteiger partial charge on any atom is 0.232 e. The Morgan fingerprint density at radius 3 is 2.03 bits per heavy atom. The summed E-state index contributed by atoms with van der Waals surface area (Å²) < 4.78 is 11.2. The van der Waals surface area contributed by atoms with Crippen LogP contribution in [0.25, 0.3) is 0 Å². The Hall–Kier alpha value is -3.31. The average molecular weight is 459 g/mol. The molecule has 2 unspecified atom stereocenters. The van der Waals surface area contributed by atoms with E-state index in [4.69, 9.17) is 15.2 Å². The minimum Gasteiger partial charge on any atom is -0.497 e. The lowest BCUT2D eigenvalue weighted by Gasteiger charge is -2.41. The van der Waals surface area contributed by atoms with Crippen molar-refractivity contribution in [1.29, 1.82) is 0 Å². The van der Waals surface area contributed by atoms with E-state index in [9.17, 15) is 4.79 Å². The lowest BCUT2D eigenvalue weighted by Crippen LogP contribution is -2.52. The Bertz CT molecular complexity index is 1010. The lowest BCUT2D eigenvalue weighted by molar-refractivity contribution is -0.124. The van der Waals surface area contributed by atoms with Gasteiger partial charge in [0.1, 0.15) is 16.9 Å². The molecule has 0 bridgehead atoms. The smallest absolute Gasteiger partial charge is 0.232 e. The first-order valence-electron chi connectivity index (χ1n) is 12.0. The molecule has 4 rings (SSSR count). The number of ether oxygens (including phenoxy) is 2. The van der Waals surface area contributed by atoms with Crippen LogP contribution in [0.2, 0.25) is 0 Å². The van der Waals surface area contributed by atoms with Gasteiger partial charge in [-0.1, -0.05) is 60.7 Å². The fourth-order valence-electron chi connectivity index (χ4n) is 5.55. The standard InChI is InChI=1S/C29H34N2O3/c1-31-20-19-26(27(31)14-9-21-34-25-17-15-24(33-2)16-18-25)29(28(30)32,22-10-5-3-6-11-22)23-12-7-4-8-13-23/h3-8,10-13,15-18,26-27H,9,14,19-21H2,1-2H3,(H2,30,32). The van der Waals surface area contributed by atoms with Gasteiger partial charge in [-0.2, -0.15) is 0 Å². The summed E-state index contributed by atoms with van der Waals surface area (Å²) in [5.41, 5.74) is 7.34. The molecule has 2 atom stereocenters. The van der Waals surface area contributed by atoms with Gasteiger partial charge in [-0.3, -0.25) is 4.79 Å². The Kier molecular flexibility index (Phi) is 7.53. The number of primary amides is 1. The fraction of sp³-hybridized carbons (Fsp3) is 0.345. The molecule has 0 saturated carbocycles. The van der Waals surface area contributed by atoms with Crippen molar-refractivity contribution in [2.45, 2.75) is 30.7 Å². The van der Waals surface area contributed by atoms with E-state index in [0.29, 0.717) is 6.61 Å².